The van der Waals surface area contributed by atoms with Crippen LogP contribution < -0.4 is 11.5 Å². The number of hydrogen-bond acceptors (Lipinski definition) is 5. The molecule has 0 aliphatic carbocycles. The Morgan fingerprint density at radius 3 is 2.52 bits per heavy atom. The maximum absolute atomic E-state index is 11.8. The number of aliphatic carboxylic acids is 1. The number of aromatic amines is 1. The van der Waals surface area contributed by atoms with E-state index in [4.69, 9.17) is 21.4 Å². The molecule has 2 aromatic heterocycles. The smallest absolute Gasteiger partial charge is 0.300 e. The van der Waals surface area contributed by atoms with Gasteiger partial charge >= 0.3 is 0 Å². The van der Waals surface area contributed by atoms with Gasteiger partial charge in [-0.1, -0.05) is 0 Å². The lowest BCUT2D eigenvalue weighted by atomic mass is 10.2. The summed E-state index contributed by atoms with van der Waals surface area (Å²) in [4.78, 5) is 33.3. The number of amides is 1. The van der Waals surface area contributed by atoms with Crippen molar-refractivity contribution < 1.29 is 14.7 Å². The van der Waals surface area contributed by atoms with E-state index in [1.165, 1.54) is 16.2 Å². The van der Waals surface area contributed by atoms with Gasteiger partial charge in [0.15, 0.2) is 5.96 Å². The zero-order valence-electron chi connectivity index (χ0n) is 12.9. The Morgan fingerprint density at radius 2 is 2.00 bits per heavy atom. The first-order valence-corrected chi connectivity index (χ1v) is 7.23. The summed E-state index contributed by atoms with van der Waals surface area (Å²) in [5.41, 5.74) is 12.6. The van der Waals surface area contributed by atoms with Gasteiger partial charge < -0.3 is 26.5 Å². The van der Waals surface area contributed by atoms with Crippen LogP contribution in [0.4, 0.5) is 5.13 Å². The molecule has 0 saturated heterocycles. The second-order valence-electron chi connectivity index (χ2n) is 4.57. The van der Waals surface area contributed by atoms with E-state index < -0.39 is 5.97 Å². The quantitative estimate of drug-likeness (QED) is 0.481. The van der Waals surface area contributed by atoms with E-state index in [1.54, 1.807) is 26.4 Å². The van der Waals surface area contributed by atoms with Crippen molar-refractivity contribution in [2.24, 2.45) is 16.5 Å². The fourth-order valence-corrected chi connectivity index (χ4v) is 2.18. The van der Waals surface area contributed by atoms with E-state index in [9.17, 15) is 4.79 Å². The molecule has 0 unspecified atom stereocenters. The fourth-order valence-electron chi connectivity index (χ4n) is 1.47. The lowest BCUT2D eigenvalue weighted by molar-refractivity contribution is -0.134. The van der Waals surface area contributed by atoms with Gasteiger partial charge in [-0.15, -0.1) is 11.3 Å². The normalized spacial score (nSPS) is 9.52. The van der Waals surface area contributed by atoms with Crippen molar-refractivity contribution in [1.29, 1.82) is 0 Å². The molecular formula is C13H18N6O3S. The Balaban J connectivity index is 0.000000593. The number of carboxylic acid groups (broad SMARTS) is 1. The molecule has 0 atom stereocenters. The Morgan fingerprint density at radius 1 is 1.39 bits per heavy atom. The van der Waals surface area contributed by atoms with Crippen molar-refractivity contribution in [3.8, 4) is 11.3 Å². The van der Waals surface area contributed by atoms with Crippen molar-refractivity contribution in [2.75, 3.05) is 14.1 Å². The topological polar surface area (TPSA) is 151 Å². The van der Waals surface area contributed by atoms with Crippen LogP contribution in [0.5, 0.6) is 0 Å². The highest BCUT2D eigenvalue weighted by molar-refractivity contribution is 7.13. The highest BCUT2D eigenvalue weighted by atomic mass is 32.1. The van der Waals surface area contributed by atoms with E-state index in [1.807, 2.05) is 5.38 Å². The Kier molecular flexibility index (Phi) is 6.27. The maximum atomic E-state index is 11.8. The Bertz CT molecular complexity index is 711. The molecule has 10 heteroatoms. The summed E-state index contributed by atoms with van der Waals surface area (Å²) in [6.07, 6.45) is 1.73. The lowest BCUT2D eigenvalue weighted by Gasteiger charge is -2.07. The van der Waals surface area contributed by atoms with Gasteiger partial charge in [-0.2, -0.15) is 4.99 Å². The third kappa shape index (κ3) is 5.79. The zero-order valence-corrected chi connectivity index (χ0v) is 13.7. The number of nitrogens with zero attached hydrogens (tertiary/aromatic N) is 3. The molecule has 0 saturated carbocycles. The second-order valence-corrected chi connectivity index (χ2v) is 5.41. The van der Waals surface area contributed by atoms with Crippen LogP contribution in [0.2, 0.25) is 0 Å². The monoisotopic (exact) mass is 338 g/mol. The molecule has 2 rings (SSSR count). The van der Waals surface area contributed by atoms with Crippen LogP contribution in [0.25, 0.3) is 11.3 Å². The summed E-state index contributed by atoms with van der Waals surface area (Å²) >= 11 is 1.33. The molecule has 2 heterocycles. The van der Waals surface area contributed by atoms with Gasteiger partial charge in [0.1, 0.15) is 5.69 Å². The van der Waals surface area contributed by atoms with Crippen molar-refractivity contribution in [1.82, 2.24) is 14.9 Å². The van der Waals surface area contributed by atoms with Gasteiger partial charge in [0.05, 0.1) is 5.69 Å². The van der Waals surface area contributed by atoms with Crippen LogP contribution in [0.1, 0.15) is 17.4 Å². The summed E-state index contributed by atoms with van der Waals surface area (Å²) in [6.45, 7) is 1.08. The van der Waals surface area contributed by atoms with Crippen molar-refractivity contribution in [3.63, 3.8) is 0 Å². The van der Waals surface area contributed by atoms with Crippen LogP contribution in [-0.2, 0) is 4.79 Å². The summed E-state index contributed by atoms with van der Waals surface area (Å²) in [5.74, 6) is -0.954. The molecule has 0 aliphatic heterocycles. The average molecular weight is 338 g/mol. The van der Waals surface area contributed by atoms with Gasteiger partial charge in [-0.05, 0) is 6.07 Å². The highest BCUT2D eigenvalue weighted by Crippen LogP contribution is 2.27. The number of nitrogens with two attached hydrogens (primary N) is 2. The van der Waals surface area contributed by atoms with Crippen LogP contribution >= 0.6 is 11.3 Å². The highest BCUT2D eigenvalue weighted by Gasteiger charge is 2.12. The molecule has 0 bridgehead atoms. The molecular weight excluding hydrogens is 320 g/mol. The van der Waals surface area contributed by atoms with Gasteiger partial charge in [0.2, 0.25) is 5.13 Å². The number of aliphatic imine (C=N–C) groups is 1. The van der Waals surface area contributed by atoms with Crippen molar-refractivity contribution in [3.05, 3.63) is 23.3 Å². The van der Waals surface area contributed by atoms with Gasteiger partial charge in [-0.25, -0.2) is 4.98 Å². The number of H-pyrrole nitrogens is 1. The number of thiazole rings is 1. The minimum absolute atomic E-state index is 0.0292. The first-order chi connectivity index (χ1) is 10.7. The van der Waals surface area contributed by atoms with Crippen molar-refractivity contribution >= 4 is 34.3 Å². The minimum atomic E-state index is -0.833. The Labute approximate surface area is 136 Å². The predicted molar refractivity (Wildman–Crippen MR) is 88.7 cm³/mol. The van der Waals surface area contributed by atoms with Crippen LogP contribution in [0.15, 0.2) is 22.6 Å². The number of carbonyl (C=O) groups is 2. The molecule has 0 aliphatic rings. The predicted octanol–water partition coefficient (Wildman–Crippen LogP) is 0.836. The molecule has 0 aromatic carbocycles. The number of aromatic nitrogens is 2. The fraction of sp³-hybridized carbons (Fsp3) is 0.231. The van der Waals surface area contributed by atoms with Crippen LogP contribution in [0.3, 0.4) is 0 Å². The summed E-state index contributed by atoms with van der Waals surface area (Å²) in [5, 5.41) is 9.73. The van der Waals surface area contributed by atoms with Crippen molar-refractivity contribution in [2.45, 2.75) is 6.92 Å². The van der Waals surface area contributed by atoms with E-state index in [0.29, 0.717) is 10.8 Å². The Hall–Kier alpha value is -2.88. The zero-order chi connectivity index (χ0) is 17.6. The summed E-state index contributed by atoms with van der Waals surface area (Å²) in [6, 6.07) is 1.75. The molecule has 124 valence electrons. The third-order valence-electron chi connectivity index (χ3n) is 2.33. The number of hydrogen-bond donors (Lipinski definition) is 4. The van der Waals surface area contributed by atoms with Gasteiger partial charge in [-0.3, -0.25) is 9.59 Å². The summed E-state index contributed by atoms with van der Waals surface area (Å²) in [7, 11) is 3.39. The van der Waals surface area contributed by atoms with Gasteiger partial charge in [0.25, 0.3) is 11.9 Å². The first-order valence-electron chi connectivity index (χ1n) is 6.35. The van der Waals surface area contributed by atoms with E-state index in [2.05, 4.69) is 15.0 Å². The molecule has 0 radical (unpaired) electrons. The first kappa shape index (κ1) is 18.2. The summed E-state index contributed by atoms with van der Waals surface area (Å²) < 4.78 is 0. The molecule has 2 aromatic rings. The van der Waals surface area contributed by atoms with E-state index in [-0.39, 0.29) is 11.9 Å². The number of guanidine groups is 1. The lowest BCUT2D eigenvalue weighted by Crippen LogP contribution is -2.21. The maximum Gasteiger partial charge on any atom is 0.300 e. The molecule has 9 nitrogen and oxygen atoms in total. The third-order valence-corrected chi connectivity index (χ3v) is 3.07. The van der Waals surface area contributed by atoms with Gasteiger partial charge in [0, 0.05) is 38.2 Å². The minimum Gasteiger partial charge on any atom is -0.481 e. The molecule has 23 heavy (non-hydrogen) atoms. The molecule has 0 spiro atoms. The molecule has 6 N–H and O–H groups in total. The average Bonchev–Trinajstić information content (AvgIpc) is 3.04. The number of carbonyl (C=O) groups excluding carboxylic acids is 1. The van der Waals surface area contributed by atoms with Crippen LogP contribution in [-0.4, -0.2) is 51.9 Å². The number of rotatable bonds is 3. The largest absolute Gasteiger partial charge is 0.481 e. The van der Waals surface area contributed by atoms with Crippen LogP contribution in [0, 0.1) is 0 Å². The number of nitrogens with one attached hydrogen (secondary N) is 1. The second kappa shape index (κ2) is 7.94. The van der Waals surface area contributed by atoms with E-state index >= 15 is 0 Å². The van der Waals surface area contributed by atoms with E-state index in [0.717, 1.165) is 18.2 Å². The standard InChI is InChI=1S/C11H14N6OS.C2H4O2/c1-17(2)9(18)7-3-6(4-14-7)8-5-19-11(15-8)16-10(12)13;1-2(3)4/h3-5,14H,1-2H3,(H4,12,13,15,16);1H3,(H,3,4). The SMILES string of the molecule is CC(=O)O.CN(C)C(=O)c1cc(-c2csc(N=C(N)N)n2)c[nH]1. The molecule has 1 amide bonds. The molecule has 0 fully saturated rings. The number of carboxylic acids is 1.